The zero-order chi connectivity index (χ0) is 13.4. The van der Waals surface area contributed by atoms with Crippen molar-refractivity contribution >= 4 is 22.7 Å². The highest BCUT2D eigenvalue weighted by atomic mass is 16.4. The van der Waals surface area contributed by atoms with E-state index in [-0.39, 0.29) is 0 Å². The fourth-order valence-electron chi connectivity index (χ4n) is 1.27. The van der Waals surface area contributed by atoms with E-state index in [1.807, 2.05) is 0 Å². The van der Waals surface area contributed by atoms with Crippen LogP contribution in [-0.2, 0) is 9.59 Å². The molecule has 2 aromatic rings. The Kier molecular flexibility index (Phi) is 5.12. The van der Waals surface area contributed by atoms with Gasteiger partial charge < -0.3 is 19.8 Å². The summed E-state index contributed by atoms with van der Waals surface area (Å²) in [4.78, 5) is 18.8. The van der Waals surface area contributed by atoms with Crippen LogP contribution in [0.5, 0.6) is 0 Å². The van der Waals surface area contributed by atoms with Gasteiger partial charge in [0, 0.05) is 0 Å². The van der Waals surface area contributed by atoms with Crippen molar-refractivity contribution < 1.29 is 19.8 Å². The standard InChI is InChI=1S/C10H8.C4H4O4/c1-2-6-10-8-4-3-7-9(10)5-1;5-3(6)1-2-4(7)8/h1-8H;1-2H,(H,5,6)(H,7,8)/p-2/b;2-1+. The molecule has 4 nitrogen and oxygen atoms in total. The molecule has 0 unspecified atom stereocenters. The van der Waals surface area contributed by atoms with E-state index in [2.05, 4.69) is 48.5 Å². The van der Waals surface area contributed by atoms with Crippen molar-refractivity contribution in [3.05, 3.63) is 60.7 Å². The molecule has 0 fully saturated rings. The minimum atomic E-state index is -1.55. The number of carboxylic acids is 2. The second-order valence-electron chi connectivity index (χ2n) is 3.32. The summed E-state index contributed by atoms with van der Waals surface area (Å²) in [5.74, 6) is -3.09. The summed E-state index contributed by atoms with van der Waals surface area (Å²) in [5.41, 5.74) is 0. The number of rotatable bonds is 2. The van der Waals surface area contributed by atoms with Gasteiger partial charge in [0.2, 0.25) is 0 Å². The van der Waals surface area contributed by atoms with Crippen LogP contribution >= 0.6 is 0 Å². The number of fused-ring (bicyclic) bond motifs is 1. The highest BCUT2D eigenvalue weighted by Crippen LogP contribution is 2.11. The second kappa shape index (κ2) is 6.85. The van der Waals surface area contributed by atoms with Crippen LogP contribution in [0.25, 0.3) is 10.8 Å². The largest absolute Gasteiger partial charge is 0.545 e. The van der Waals surface area contributed by atoms with Gasteiger partial charge in [0.1, 0.15) is 0 Å². The highest BCUT2D eigenvalue weighted by Gasteiger charge is 1.85. The van der Waals surface area contributed by atoms with E-state index in [9.17, 15) is 19.8 Å². The van der Waals surface area contributed by atoms with E-state index >= 15 is 0 Å². The van der Waals surface area contributed by atoms with Crippen molar-refractivity contribution in [3.8, 4) is 0 Å². The lowest BCUT2D eigenvalue weighted by Crippen LogP contribution is -2.23. The molecule has 0 aliphatic carbocycles. The van der Waals surface area contributed by atoms with Crippen molar-refractivity contribution in [2.75, 3.05) is 0 Å². The lowest BCUT2D eigenvalue weighted by molar-refractivity contribution is -0.301. The third kappa shape index (κ3) is 4.94. The van der Waals surface area contributed by atoms with Gasteiger partial charge >= 0.3 is 0 Å². The minimum Gasteiger partial charge on any atom is -0.545 e. The smallest absolute Gasteiger partial charge is 0.0643 e. The first-order valence-corrected chi connectivity index (χ1v) is 5.13. The molecule has 0 atom stereocenters. The molecular formula is C14H10O4-2. The summed E-state index contributed by atoms with van der Waals surface area (Å²) in [6.45, 7) is 0. The van der Waals surface area contributed by atoms with Gasteiger partial charge in [-0.05, 0) is 22.9 Å². The normalized spacial score (nSPS) is 9.78. The number of carbonyl (C=O) groups is 2. The molecule has 0 heterocycles. The molecule has 0 spiro atoms. The van der Waals surface area contributed by atoms with Gasteiger partial charge in [0.05, 0.1) is 11.9 Å². The maximum absolute atomic E-state index is 9.41. The average molecular weight is 242 g/mol. The fourth-order valence-corrected chi connectivity index (χ4v) is 1.27. The second-order valence-corrected chi connectivity index (χ2v) is 3.32. The minimum absolute atomic E-state index is 0.384. The zero-order valence-corrected chi connectivity index (χ0v) is 9.41. The van der Waals surface area contributed by atoms with E-state index < -0.39 is 11.9 Å². The first kappa shape index (κ1) is 13.4. The Bertz CT molecular complexity index is 491. The predicted molar refractivity (Wildman–Crippen MR) is 63.1 cm³/mol. The van der Waals surface area contributed by atoms with Crippen molar-refractivity contribution in [3.63, 3.8) is 0 Å². The van der Waals surface area contributed by atoms with E-state index in [1.165, 1.54) is 10.8 Å². The summed E-state index contributed by atoms with van der Waals surface area (Å²) in [6, 6.07) is 16.7. The SMILES string of the molecule is O=C([O-])/C=C/C(=O)[O-].c1ccc2ccccc2c1. The van der Waals surface area contributed by atoms with Crippen LogP contribution in [-0.4, -0.2) is 11.9 Å². The molecule has 0 saturated carbocycles. The molecule has 0 aliphatic rings. The van der Waals surface area contributed by atoms with E-state index in [0.717, 1.165) is 0 Å². The lowest BCUT2D eigenvalue weighted by atomic mass is 10.1. The maximum Gasteiger partial charge on any atom is 0.0643 e. The van der Waals surface area contributed by atoms with E-state index in [0.29, 0.717) is 12.2 Å². The number of hydrogen-bond acceptors (Lipinski definition) is 4. The first-order valence-electron chi connectivity index (χ1n) is 5.13. The quantitative estimate of drug-likeness (QED) is 0.688. The summed E-state index contributed by atoms with van der Waals surface area (Å²) < 4.78 is 0. The van der Waals surface area contributed by atoms with Gasteiger partial charge in [-0.2, -0.15) is 0 Å². The molecule has 0 amide bonds. The molecule has 0 bridgehead atoms. The van der Waals surface area contributed by atoms with Gasteiger partial charge in [-0.25, -0.2) is 0 Å². The highest BCUT2D eigenvalue weighted by molar-refractivity contribution is 5.87. The summed E-state index contributed by atoms with van der Waals surface area (Å²) >= 11 is 0. The molecule has 0 aliphatic heterocycles. The summed E-state index contributed by atoms with van der Waals surface area (Å²) in [7, 11) is 0. The third-order valence-corrected chi connectivity index (χ3v) is 2.01. The van der Waals surface area contributed by atoms with Crippen molar-refractivity contribution in [1.29, 1.82) is 0 Å². The van der Waals surface area contributed by atoms with Crippen LogP contribution in [0, 0.1) is 0 Å². The predicted octanol–water partition coefficient (Wildman–Crippen LogP) is -0.118. The van der Waals surface area contributed by atoms with Crippen LogP contribution in [0.2, 0.25) is 0 Å². The molecule has 0 aromatic heterocycles. The lowest BCUT2D eigenvalue weighted by Gasteiger charge is -1.92. The molecule has 0 saturated heterocycles. The van der Waals surface area contributed by atoms with E-state index in [1.54, 1.807) is 0 Å². The molecule has 18 heavy (non-hydrogen) atoms. The van der Waals surface area contributed by atoms with Crippen LogP contribution < -0.4 is 10.2 Å². The number of benzene rings is 2. The van der Waals surface area contributed by atoms with Gasteiger partial charge in [0.25, 0.3) is 0 Å². The molecule has 4 heteroatoms. The maximum atomic E-state index is 9.41. The molecular weight excluding hydrogens is 232 g/mol. The summed E-state index contributed by atoms with van der Waals surface area (Å²) in [5, 5.41) is 21.4. The van der Waals surface area contributed by atoms with Crippen LogP contribution in [0.15, 0.2) is 60.7 Å². The van der Waals surface area contributed by atoms with Crippen LogP contribution in [0.4, 0.5) is 0 Å². The Balaban J connectivity index is 0.000000187. The molecule has 2 aromatic carbocycles. The number of carbonyl (C=O) groups excluding carboxylic acids is 2. The Hall–Kier alpha value is -2.62. The topological polar surface area (TPSA) is 80.3 Å². The number of carboxylic acid groups (broad SMARTS) is 2. The van der Waals surface area contributed by atoms with Gasteiger partial charge in [0.15, 0.2) is 0 Å². The average Bonchev–Trinajstić information content (AvgIpc) is 2.37. The van der Waals surface area contributed by atoms with Crippen molar-refractivity contribution in [2.45, 2.75) is 0 Å². The Morgan fingerprint density at radius 1 is 0.722 bits per heavy atom. The van der Waals surface area contributed by atoms with Gasteiger partial charge in [-0.1, -0.05) is 48.5 Å². The first-order chi connectivity index (χ1) is 8.59. The molecule has 2 rings (SSSR count). The van der Waals surface area contributed by atoms with Gasteiger partial charge in [-0.3, -0.25) is 0 Å². The Labute approximate surface area is 104 Å². The van der Waals surface area contributed by atoms with Crippen molar-refractivity contribution in [2.24, 2.45) is 0 Å². The third-order valence-electron chi connectivity index (χ3n) is 2.01. The van der Waals surface area contributed by atoms with Crippen LogP contribution in [0.1, 0.15) is 0 Å². The Morgan fingerprint density at radius 3 is 1.22 bits per heavy atom. The molecule has 92 valence electrons. The fraction of sp³-hybridized carbons (Fsp3) is 0. The summed E-state index contributed by atoms with van der Waals surface area (Å²) in [6.07, 6.45) is 0.769. The van der Waals surface area contributed by atoms with Crippen LogP contribution in [0.3, 0.4) is 0 Å². The monoisotopic (exact) mass is 242 g/mol. The van der Waals surface area contributed by atoms with E-state index in [4.69, 9.17) is 0 Å². The molecule has 0 N–H and O–H groups in total. The number of hydrogen-bond donors (Lipinski definition) is 0. The Morgan fingerprint density at radius 2 is 1.00 bits per heavy atom. The van der Waals surface area contributed by atoms with Crippen molar-refractivity contribution in [1.82, 2.24) is 0 Å². The van der Waals surface area contributed by atoms with Gasteiger partial charge in [-0.15, -0.1) is 0 Å². The zero-order valence-electron chi connectivity index (χ0n) is 9.41. The molecule has 0 radical (unpaired) electrons. The number of aliphatic carboxylic acids is 2.